The lowest BCUT2D eigenvalue weighted by Gasteiger charge is -2.31. The average molecular weight is 585 g/mol. The van der Waals surface area contributed by atoms with E-state index in [1.807, 2.05) is 14.2 Å². The van der Waals surface area contributed by atoms with Crippen molar-refractivity contribution in [1.29, 1.82) is 0 Å². The molecule has 0 unspecified atom stereocenters. The highest BCUT2D eigenvalue weighted by molar-refractivity contribution is 5.55. The minimum atomic E-state index is -0.0305. The van der Waals surface area contributed by atoms with Crippen molar-refractivity contribution in [2.75, 3.05) is 14.2 Å². The Bertz CT molecular complexity index is 1270. The number of hydrogen-bond acceptors (Lipinski definition) is 2. The molecular formula is C41H60O2. The molecule has 0 aliphatic heterocycles. The number of hydrogen-bond donors (Lipinski definition) is 0. The molecule has 0 spiro atoms. The molecular weight excluding hydrogens is 524 g/mol. The standard InChI is InChI=1S/C41H60O2/c1-25-18-28(26(2)30-21-32(38(4,5)6)36(42-16)33(22-30)39(7,8)9)20-29(19-25)27(3)31-23-34(40(10,11)12)37(43-17)35(24-31)41(13,14)15/h18-24,26-27H,1-17H3/t26-,27-/m1/s1. The summed E-state index contributed by atoms with van der Waals surface area (Å²) in [5.74, 6) is 2.53. The molecule has 0 radical (unpaired) electrons. The van der Waals surface area contributed by atoms with Gasteiger partial charge < -0.3 is 9.47 Å². The molecule has 43 heavy (non-hydrogen) atoms. The first-order valence-corrected chi connectivity index (χ1v) is 16.1. The molecule has 0 aromatic heterocycles. The van der Waals surface area contributed by atoms with E-state index in [0.717, 1.165) is 11.5 Å². The molecule has 3 aromatic rings. The number of ether oxygens (including phenoxy) is 2. The molecule has 236 valence electrons. The van der Waals surface area contributed by atoms with E-state index in [-0.39, 0.29) is 33.5 Å². The summed E-state index contributed by atoms with van der Waals surface area (Å²) in [6.45, 7) is 34.3. The van der Waals surface area contributed by atoms with Gasteiger partial charge in [-0.1, -0.05) is 145 Å². The minimum Gasteiger partial charge on any atom is -0.496 e. The number of methoxy groups -OCH3 is 2. The predicted octanol–water partition coefficient (Wildman–Crippen LogP) is 11.5. The van der Waals surface area contributed by atoms with Crippen LogP contribution in [0.1, 0.15) is 159 Å². The van der Waals surface area contributed by atoms with Crippen LogP contribution in [0.3, 0.4) is 0 Å². The Morgan fingerprint density at radius 1 is 0.419 bits per heavy atom. The summed E-state index contributed by atoms with van der Waals surface area (Å²) in [6.07, 6.45) is 0. The Morgan fingerprint density at radius 2 is 0.651 bits per heavy atom. The molecule has 0 fully saturated rings. The lowest BCUT2D eigenvalue weighted by molar-refractivity contribution is 0.381. The first-order chi connectivity index (χ1) is 19.5. The Morgan fingerprint density at radius 3 is 0.860 bits per heavy atom. The molecule has 3 aromatic carbocycles. The van der Waals surface area contributed by atoms with Gasteiger partial charge in [-0.05, 0) is 50.8 Å². The van der Waals surface area contributed by atoms with E-state index >= 15 is 0 Å². The lowest BCUT2D eigenvalue weighted by Crippen LogP contribution is -2.20. The van der Waals surface area contributed by atoms with Crippen molar-refractivity contribution >= 4 is 0 Å². The maximum Gasteiger partial charge on any atom is 0.126 e. The van der Waals surface area contributed by atoms with Crippen molar-refractivity contribution in [2.45, 2.75) is 137 Å². The lowest BCUT2D eigenvalue weighted by atomic mass is 9.75. The molecule has 3 rings (SSSR count). The summed E-state index contributed by atoms with van der Waals surface area (Å²) >= 11 is 0. The predicted molar refractivity (Wildman–Crippen MR) is 187 cm³/mol. The molecule has 0 heterocycles. The fraction of sp³-hybridized carbons (Fsp3) is 0.561. The summed E-state index contributed by atoms with van der Waals surface area (Å²) < 4.78 is 12.1. The maximum atomic E-state index is 6.06. The van der Waals surface area contributed by atoms with Gasteiger partial charge in [-0.25, -0.2) is 0 Å². The maximum absolute atomic E-state index is 6.06. The van der Waals surface area contributed by atoms with Gasteiger partial charge in [0.25, 0.3) is 0 Å². The van der Waals surface area contributed by atoms with Gasteiger partial charge in [0.1, 0.15) is 11.5 Å². The Kier molecular flexibility index (Phi) is 9.68. The van der Waals surface area contributed by atoms with Gasteiger partial charge in [0, 0.05) is 34.1 Å². The van der Waals surface area contributed by atoms with Gasteiger partial charge in [-0.2, -0.15) is 0 Å². The zero-order valence-electron chi connectivity index (χ0n) is 30.5. The number of benzene rings is 3. The van der Waals surface area contributed by atoms with Crippen LogP contribution in [-0.2, 0) is 21.7 Å². The summed E-state index contributed by atoms with van der Waals surface area (Å²) in [7, 11) is 3.62. The van der Waals surface area contributed by atoms with Crippen LogP contribution >= 0.6 is 0 Å². The van der Waals surface area contributed by atoms with E-state index in [1.165, 1.54) is 50.1 Å². The average Bonchev–Trinajstić information content (AvgIpc) is 2.88. The van der Waals surface area contributed by atoms with Crippen LogP contribution in [0.5, 0.6) is 11.5 Å². The molecule has 2 nitrogen and oxygen atoms in total. The van der Waals surface area contributed by atoms with Crippen LogP contribution in [0.4, 0.5) is 0 Å². The highest BCUT2D eigenvalue weighted by Crippen LogP contribution is 2.45. The summed E-state index contributed by atoms with van der Waals surface area (Å²) in [6, 6.07) is 16.7. The monoisotopic (exact) mass is 584 g/mol. The van der Waals surface area contributed by atoms with Crippen molar-refractivity contribution in [1.82, 2.24) is 0 Å². The third-order valence-electron chi connectivity index (χ3n) is 8.98. The van der Waals surface area contributed by atoms with E-state index in [9.17, 15) is 0 Å². The summed E-state index contributed by atoms with van der Waals surface area (Å²) in [5.41, 5.74) is 11.7. The van der Waals surface area contributed by atoms with Crippen LogP contribution in [0, 0.1) is 6.92 Å². The Balaban J connectivity index is 2.22. The highest BCUT2D eigenvalue weighted by atomic mass is 16.5. The third-order valence-corrected chi connectivity index (χ3v) is 8.98. The fourth-order valence-electron chi connectivity index (χ4n) is 6.20. The zero-order chi connectivity index (χ0) is 32.9. The quantitative estimate of drug-likeness (QED) is 0.287. The van der Waals surface area contributed by atoms with Gasteiger partial charge in [-0.3, -0.25) is 0 Å². The van der Waals surface area contributed by atoms with Gasteiger partial charge in [0.15, 0.2) is 0 Å². The molecule has 0 aliphatic carbocycles. The van der Waals surface area contributed by atoms with Crippen LogP contribution in [0.15, 0.2) is 42.5 Å². The Hall–Kier alpha value is -2.74. The van der Waals surface area contributed by atoms with Gasteiger partial charge in [0.2, 0.25) is 0 Å². The molecule has 0 bridgehead atoms. The van der Waals surface area contributed by atoms with Crippen molar-refractivity contribution in [3.8, 4) is 11.5 Å². The molecule has 0 amide bonds. The van der Waals surface area contributed by atoms with Gasteiger partial charge in [-0.15, -0.1) is 0 Å². The molecule has 0 N–H and O–H groups in total. The number of aryl methyl sites for hydroxylation is 1. The minimum absolute atomic E-state index is 0.0305. The van der Waals surface area contributed by atoms with E-state index in [2.05, 4.69) is 146 Å². The molecule has 2 atom stereocenters. The molecule has 0 saturated heterocycles. The molecule has 0 aliphatic rings. The SMILES string of the molecule is COc1c(C(C)(C)C)cc([C@H](C)c2cc(C)cc([C@@H](C)c3cc(C(C)(C)C)c(OC)c(C(C)(C)C)c3)c2)cc1C(C)(C)C. The van der Waals surface area contributed by atoms with E-state index in [4.69, 9.17) is 9.47 Å². The largest absolute Gasteiger partial charge is 0.496 e. The first-order valence-electron chi connectivity index (χ1n) is 16.1. The van der Waals surface area contributed by atoms with Crippen LogP contribution < -0.4 is 9.47 Å². The van der Waals surface area contributed by atoms with E-state index in [1.54, 1.807) is 0 Å². The second-order valence-corrected chi connectivity index (χ2v) is 16.9. The zero-order valence-corrected chi connectivity index (χ0v) is 30.5. The van der Waals surface area contributed by atoms with Gasteiger partial charge >= 0.3 is 0 Å². The highest BCUT2D eigenvalue weighted by Gasteiger charge is 2.30. The normalized spacial score (nSPS) is 14.4. The summed E-state index contributed by atoms with van der Waals surface area (Å²) in [5, 5.41) is 0. The molecule has 2 heteroatoms. The topological polar surface area (TPSA) is 18.5 Å². The van der Waals surface area contributed by atoms with Crippen molar-refractivity contribution < 1.29 is 9.47 Å². The second kappa shape index (κ2) is 12.0. The van der Waals surface area contributed by atoms with Crippen LogP contribution in [0.25, 0.3) is 0 Å². The number of rotatable bonds is 6. The smallest absolute Gasteiger partial charge is 0.126 e. The van der Waals surface area contributed by atoms with E-state index in [0.29, 0.717) is 0 Å². The van der Waals surface area contributed by atoms with Crippen LogP contribution in [-0.4, -0.2) is 14.2 Å². The third kappa shape index (κ3) is 7.50. The second-order valence-electron chi connectivity index (χ2n) is 16.9. The Labute approximate surface area is 264 Å². The summed E-state index contributed by atoms with van der Waals surface area (Å²) in [4.78, 5) is 0. The van der Waals surface area contributed by atoms with Crippen molar-refractivity contribution in [3.05, 3.63) is 92.5 Å². The van der Waals surface area contributed by atoms with Crippen LogP contribution in [0.2, 0.25) is 0 Å². The first kappa shape index (κ1) is 34.7. The van der Waals surface area contributed by atoms with E-state index < -0.39 is 0 Å². The molecule has 0 saturated carbocycles. The fourth-order valence-corrected chi connectivity index (χ4v) is 6.20. The van der Waals surface area contributed by atoms with Crippen molar-refractivity contribution in [3.63, 3.8) is 0 Å². The van der Waals surface area contributed by atoms with Gasteiger partial charge in [0.05, 0.1) is 14.2 Å². The van der Waals surface area contributed by atoms with Crippen molar-refractivity contribution in [2.24, 2.45) is 0 Å².